The van der Waals surface area contributed by atoms with Gasteiger partial charge in [-0.15, -0.1) is 0 Å². The zero-order valence-corrected chi connectivity index (χ0v) is 15.4. The Labute approximate surface area is 145 Å². The summed E-state index contributed by atoms with van der Waals surface area (Å²) in [6.45, 7) is 7.99. The fourth-order valence-corrected chi connectivity index (χ4v) is 3.59. The van der Waals surface area contributed by atoms with Crippen molar-refractivity contribution in [2.45, 2.75) is 71.5 Å². The van der Waals surface area contributed by atoms with Crippen LogP contribution in [0.25, 0.3) is 0 Å². The largest absolute Gasteiger partial charge is 0.445 e. The Bertz CT molecular complexity index is 420. The lowest BCUT2D eigenvalue weighted by molar-refractivity contribution is -0.968. The van der Waals surface area contributed by atoms with Gasteiger partial charge in [-0.2, -0.15) is 13.2 Å². The van der Waals surface area contributed by atoms with Gasteiger partial charge in [0, 0.05) is 5.56 Å². The lowest BCUT2D eigenvalue weighted by Gasteiger charge is -2.46. The first-order valence-electron chi connectivity index (χ1n) is 9.38. The Morgan fingerprint density at radius 1 is 0.792 bits per heavy atom. The van der Waals surface area contributed by atoms with Crippen molar-refractivity contribution in [3.05, 3.63) is 35.9 Å². The molecule has 138 valence electrons. The van der Waals surface area contributed by atoms with Gasteiger partial charge in [-0.3, -0.25) is 0 Å². The van der Waals surface area contributed by atoms with E-state index in [2.05, 4.69) is 20.8 Å². The number of nitrogens with zero attached hydrogens (tertiary/aromatic N) is 1. The normalized spacial score (nSPS) is 13.9. The van der Waals surface area contributed by atoms with Crippen molar-refractivity contribution in [3.8, 4) is 0 Å². The lowest BCUT2D eigenvalue weighted by atomic mass is 9.98. The van der Waals surface area contributed by atoms with Gasteiger partial charge in [0.05, 0.1) is 19.6 Å². The first-order chi connectivity index (χ1) is 11.4. The summed E-state index contributed by atoms with van der Waals surface area (Å²) in [6.07, 6.45) is 1.08. The van der Waals surface area contributed by atoms with E-state index in [1.165, 1.54) is 0 Å². The molecule has 1 atom stereocenters. The second-order valence-corrected chi connectivity index (χ2v) is 6.80. The molecule has 1 aromatic rings. The monoisotopic (exact) mass is 344 g/mol. The number of halogens is 3. The minimum absolute atomic E-state index is 0.156. The number of rotatable bonds is 11. The van der Waals surface area contributed by atoms with E-state index in [1.807, 2.05) is 0 Å². The molecule has 0 amide bonds. The maximum Gasteiger partial charge on any atom is 0.445 e. The molecule has 24 heavy (non-hydrogen) atoms. The van der Waals surface area contributed by atoms with Crippen LogP contribution in [0, 0.1) is 0 Å². The summed E-state index contributed by atoms with van der Waals surface area (Å²) >= 11 is 0. The standard InChI is InChI=1S/C20H33F3N/c1-4-7-15-24(16-8-5-2,17-9-6-3)19(20(21,22)23)18-13-11-10-12-14-18/h10-14,19H,4-9,15-17H2,1-3H3/q+1. The average Bonchev–Trinajstić information content (AvgIpc) is 2.55. The van der Waals surface area contributed by atoms with Crippen LogP contribution in [-0.2, 0) is 0 Å². The van der Waals surface area contributed by atoms with Crippen molar-refractivity contribution in [2.24, 2.45) is 0 Å². The molecule has 0 aliphatic carbocycles. The van der Waals surface area contributed by atoms with E-state index in [0.29, 0.717) is 25.2 Å². The number of hydrogen-bond acceptors (Lipinski definition) is 0. The van der Waals surface area contributed by atoms with Crippen LogP contribution in [-0.4, -0.2) is 30.3 Å². The Kier molecular flexibility index (Phi) is 8.82. The topological polar surface area (TPSA) is 0 Å². The number of quaternary nitrogens is 1. The molecule has 0 N–H and O–H groups in total. The SMILES string of the molecule is CCCC[N+](CCCC)(CCCC)C(c1ccccc1)C(F)(F)F. The van der Waals surface area contributed by atoms with Crippen molar-refractivity contribution >= 4 is 0 Å². The smallest absolute Gasteiger partial charge is 0.310 e. The summed E-state index contributed by atoms with van der Waals surface area (Å²) in [7, 11) is 0. The third-order valence-electron chi connectivity index (χ3n) is 4.84. The van der Waals surface area contributed by atoms with Gasteiger partial charge in [0.1, 0.15) is 0 Å². The zero-order valence-electron chi connectivity index (χ0n) is 15.4. The van der Waals surface area contributed by atoms with Crippen LogP contribution in [0.4, 0.5) is 13.2 Å². The van der Waals surface area contributed by atoms with Crippen LogP contribution < -0.4 is 0 Å². The van der Waals surface area contributed by atoms with Crippen molar-refractivity contribution in [1.29, 1.82) is 0 Å². The highest BCUT2D eigenvalue weighted by Crippen LogP contribution is 2.43. The van der Waals surface area contributed by atoms with Crippen molar-refractivity contribution in [3.63, 3.8) is 0 Å². The van der Waals surface area contributed by atoms with E-state index in [1.54, 1.807) is 30.3 Å². The van der Waals surface area contributed by atoms with E-state index >= 15 is 0 Å². The lowest BCUT2D eigenvalue weighted by Crippen LogP contribution is -2.57. The molecule has 0 saturated heterocycles. The molecular weight excluding hydrogens is 311 g/mol. The number of benzene rings is 1. The van der Waals surface area contributed by atoms with Gasteiger partial charge in [-0.05, 0) is 19.3 Å². The Hall–Kier alpha value is -1.03. The molecule has 0 aromatic heterocycles. The molecule has 1 unspecified atom stereocenters. The van der Waals surface area contributed by atoms with E-state index in [-0.39, 0.29) is 4.48 Å². The summed E-state index contributed by atoms with van der Waals surface area (Å²) in [4.78, 5) is 0. The fourth-order valence-electron chi connectivity index (χ4n) is 3.59. The summed E-state index contributed by atoms with van der Waals surface area (Å²) < 4.78 is 42.7. The van der Waals surface area contributed by atoms with Crippen LogP contribution in [0.1, 0.15) is 70.9 Å². The predicted molar refractivity (Wildman–Crippen MR) is 94.8 cm³/mol. The molecule has 0 spiro atoms. The zero-order chi connectivity index (χ0) is 18.1. The van der Waals surface area contributed by atoms with Gasteiger partial charge in [0.2, 0.25) is 6.04 Å². The average molecular weight is 344 g/mol. The van der Waals surface area contributed by atoms with Gasteiger partial charge in [-0.25, -0.2) is 0 Å². The second kappa shape index (κ2) is 10.1. The van der Waals surface area contributed by atoms with Gasteiger partial charge in [-0.1, -0.05) is 70.4 Å². The maximum absolute atomic E-state index is 14.2. The molecule has 1 rings (SSSR count). The van der Waals surface area contributed by atoms with E-state index in [4.69, 9.17) is 0 Å². The minimum atomic E-state index is -4.23. The van der Waals surface area contributed by atoms with E-state index in [0.717, 1.165) is 38.5 Å². The summed E-state index contributed by atoms with van der Waals surface area (Å²) in [6, 6.07) is 7.12. The van der Waals surface area contributed by atoms with Gasteiger partial charge in [0.25, 0.3) is 0 Å². The highest BCUT2D eigenvalue weighted by Gasteiger charge is 2.54. The molecule has 0 fully saturated rings. The summed E-state index contributed by atoms with van der Waals surface area (Å²) in [5, 5.41) is 0. The highest BCUT2D eigenvalue weighted by molar-refractivity contribution is 5.19. The predicted octanol–water partition coefficient (Wildman–Crippen LogP) is 6.51. The van der Waals surface area contributed by atoms with Crippen LogP contribution in [0.2, 0.25) is 0 Å². The Morgan fingerprint density at radius 2 is 1.21 bits per heavy atom. The molecule has 1 nitrogen and oxygen atoms in total. The molecule has 1 aromatic carbocycles. The fraction of sp³-hybridized carbons (Fsp3) is 0.700. The van der Waals surface area contributed by atoms with Crippen molar-refractivity contribution in [1.82, 2.24) is 0 Å². The highest BCUT2D eigenvalue weighted by atomic mass is 19.4. The van der Waals surface area contributed by atoms with Crippen LogP contribution in [0.5, 0.6) is 0 Å². The second-order valence-electron chi connectivity index (χ2n) is 6.80. The van der Waals surface area contributed by atoms with Crippen LogP contribution in [0.3, 0.4) is 0 Å². The number of hydrogen-bond donors (Lipinski definition) is 0. The molecule has 0 bridgehead atoms. The molecule has 0 aliphatic rings. The molecular formula is C20H33F3N+. The van der Waals surface area contributed by atoms with Gasteiger partial charge >= 0.3 is 6.18 Å². The van der Waals surface area contributed by atoms with E-state index in [9.17, 15) is 13.2 Å². The van der Waals surface area contributed by atoms with Crippen LogP contribution >= 0.6 is 0 Å². The minimum Gasteiger partial charge on any atom is -0.310 e. The van der Waals surface area contributed by atoms with Crippen molar-refractivity contribution in [2.75, 3.05) is 19.6 Å². The maximum atomic E-state index is 14.2. The van der Waals surface area contributed by atoms with E-state index < -0.39 is 12.2 Å². The third kappa shape index (κ3) is 5.80. The first kappa shape index (κ1) is 21.0. The third-order valence-corrected chi connectivity index (χ3v) is 4.84. The van der Waals surface area contributed by atoms with Crippen LogP contribution in [0.15, 0.2) is 30.3 Å². The number of alkyl halides is 3. The first-order valence-corrected chi connectivity index (χ1v) is 9.38. The van der Waals surface area contributed by atoms with Crippen molar-refractivity contribution < 1.29 is 17.7 Å². The molecule has 0 radical (unpaired) electrons. The molecule has 0 saturated carbocycles. The molecule has 4 heteroatoms. The quantitative estimate of drug-likeness (QED) is 0.402. The van der Waals surface area contributed by atoms with Gasteiger partial charge < -0.3 is 4.48 Å². The van der Waals surface area contributed by atoms with Gasteiger partial charge in [0.15, 0.2) is 0 Å². The Morgan fingerprint density at radius 3 is 1.54 bits per heavy atom. The Balaban J connectivity index is 3.34. The summed E-state index contributed by atoms with van der Waals surface area (Å²) in [5.74, 6) is 0. The molecule has 0 aliphatic heterocycles. The molecule has 0 heterocycles. The number of unbranched alkanes of at least 4 members (excludes halogenated alkanes) is 3. The summed E-state index contributed by atoms with van der Waals surface area (Å²) in [5.41, 5.74) is 0.410.